The predicted octanol–water partition coefficient (Wildman–Crippen LogP) is 4.63. The van der Waals surface area contributed by atoms with Gasteiger partial charge in [-0.3, -0.25) is 4.79 Å². The van der Waals surface area contributed by atoms with Gasteiger partial charge in [0, 0.05) is 23.6 Å². The Morgan fingerprint density at radius 3 is 2.50 bits per heavy atom. The first-order chi connectivity index (χ1) is 10.8. The third-order valence-corrected chi connectivity index (χ3v) is 3.60. The van der Waals surface area contributed by atoms with E-state index in [0.29, 0.717) is 12.1 Å². The number of carbonyl (C=O) groups excluding carboxylic acids is 1. The second-order valence-corrected chi connectivity index (χ2v) is 5.43. The maximum atomic E-state index is 11.8. The van der Waals surface area contributed by atoms with E-state index in [-0.39, 0.29) is 12.5 Å². The van der Waals surface area contributed by atoms with Crippen LogP contribution in [0.5, 0.6) is 0 Å². The molecule has 0 spiro atoms. The largest absolute Gasteiger partial charge is 0.352 e. The molecule has 1 rings (SSSR count). The van der Waals surface area contributed by atoms with Crippen molar-refractivity contribution in [2.45, 2.75) is 51.9 Å². The Balaban J connectivity index is 2.27. The monoisotopic (exact) mass is 302 g/mol. The van der Waals surface area contributed by atoms with Gasteiger partial charge in [0.25, 0.3) is 5.91 Å². The second-order valence-electron chi connectivity index (χ2n) is 5.43. The normalized spacial score (nSPS) is 10.0. The van der Waals surface area contributed by atoms with Gasteiger partial charge in [0.15, 0.2) is 0 Å². The number of nitrogens with one attached hydrogen (secondary N) is 1. The average molecular weight is 302 g/mol. The maximum Gasteiger partial charge on any atom is 0.251 e. The molecule has 1 N–H and O–H groups in total. The summed E-state index contributed by atoms with van der Waals surface area (Å²) in [6.45, 7) is 2.87. The van der Waals surface area contributed by atoms with E-state index in [1.165, 1.54) is 44.1 Å². The number of amides is 1. The van der Waals surface area contributed by atoms with Crippen LogP contribution in [0.15, 0.2) is 29.4 Å². The zero-order valence-corrected chi connectivity index (χ0v) is 13.4. The molecule has 0 bridgehead atoms. The van der Waals surface area contributed by atoms with Crippen LogP contribution in [-0.2, 0) is 6.42 Å². The molecule has 1 aromatic rings. The predicted molar refractivity (Wildman–Crippen MR) is 89.9 cm³/mol. The highest BCUT2D eigenvalue weighted by atomic mass is 16.1. The summed E-state index contributed by atoms with van der Waals surface area (Å²) in [5.41, 5.74) is 10.1. The van der Waals surface area contributed by atoms with Crippen molar-refractivity contribution in [2.75, 3.05) is 13.1 Å². The molecule has 0 aliphatic carbocycles. The molecule has 0 heterocycles. The lowest BCUT2D eigenvalue weighted by Gasteiger charge is -2.05. The molecular weight excluding hydrogens is 276 g/mol. The molecule has 0 saturated heterocycles. The Kier molecular flexibility index (Phi) is 9.55. The van der Waals surface area contributed by atoms with Gasteiger partial charge in [-0.2, -0.15) is 0 Å². The van der Waals surface area contributed by atoms with E-state index in [2.05, 4.69) is 22.3 Å². The van der Waals surface area contributed by atoms with Gasteiger partial charge in [0.1, 0.15) is 0 Å². The summed E-state index contributed by atoms with van der Waals surface area (Å²) < 4.78 is 0. The van der Waals surface area contributed by atoms with Crippen molar-refractivity contribution >= 4 is 5.91 Å². The van der Waals surface area contributed by atoms with Gasteiger partial charge >= 0.3 is 0 Å². The van der Waals surface area contributed by atoms with Crippen LogP contribution >= 0.6 is 0 Å². The number of aryl methyl sites for hydroxylation is 1. The van der Waals surface area contributed by atoms with Crippen molar-refractivity contribution < 1.29 is 4.79 Å². The lowest BCUT2D eigenvalue weighted by molar-refractivity contribution is 0.0955. The number of nitrogens with zero attached hydrogens (tertiary/aromatic N) is 3. The second kappa shape index (κ2) is 11.6. The summed E-state index contributed by atoms with van der Waals surface area (Å²) in [6, 6.07) is 7.76. The van der Waals surface area contributed by atoms with Gasteiger partial charge in [0.05, 0.1) is 0 Å². The first-order valence-electron chi connectivity index (χ1n) is 8.16. The van der Waals surface area contributed by atoms with Crippen molar-refractivity contribution in [3.8, 4) is 0 Å². The van der Waals surface area contributed by atoms with Crippen LogP contribution < -0.4 is 5.32 Å². The zero-order valence-electron chi connectivity index (χ0n) is 13.4. The molecular formula is C17H26N4O. The van der Waals surface area contributed by atoms with E-state index < -0.39 is 0 Å². The van der Waals surface area contributed by atoms with Crippen LogP contribution in [0, 0.1) is 0 Å². The number of carbonyl (C=O) groups is 1. The Labute approximate surface area is 132 Å². The molecule has 5 heteroatoms. The molecule has 0 unspecified atom stereocenters. The SMILES string of the molecule is CCCCCCCCc1ccc(C(=O)NCCN=[N+]=[N-])cc1. The number of unbranched alkanes of at least 4 members (excludes halogenated alkanes) is 5. The molecule has 0 aromatic heterocycles. The molecule has 0 atom stereocenters. The molecule has 0 aliphatic rings. The van der Waals surface area contributed by atoms with E-state index >= 15 is 0 Å². The summed E-state index contributed by atoms with van der Waals surface area (Å²) >= 11 is 0. The van der Waals surface area contributed by atoms with Crippen LogP contribution in [0.2, 0.25) is 0 Å². The van der Waals surface area contributed by atoms with Crippen LogP contribution in [-0.4, -0.2) is 19.0 Å². The average Bonchev–Trinajstić information content (AvgIpc) is 2.55. The third-order valence-electron chi connectivity index (χ3n) is 3.60. The van der Waals surface area contributed by atoms with E-state index in [1.54, 1.807) is 0 Å². The first kappa shape index (κ1) is 18.1. The fraction of sp³-hybridized carbons (Fsp3) is 0.588. The standard InChI is InChI=1S/C17H26N4O/c1-2-3-4-5-6-7-8-15-9-11-16(12-10-15)17(22)19-13-14-20-21-18/h9-12H,2-8,13-14H2,1H3,(H,19,22). The molecule has 1 aromatic carbocycles. The quantitative estimate of drug-likeness (QED) is 0.275. The lowest BCUT2D eigenvalue weighted by atomic mass is 10.0. The summed E-state index contributed by atoms with van der Waals surface area (Å²) in [5.74, 6) is -0.126. The van der Waals surface area contributed by atoms with Gasteiger partial charge in [0.2, 0.25) is 0 Å². The number of benzene rings is 1. The minimum Gasteiger partial charge on any atom is -0.352 e. The van der Waals surface area contributed by atoms with Crippen LogP contribution in [0.3, 0.4) is 0 Å². The van der Waals surface area contributed by atoms with E-state index in [9.17, 15) is 4.79 Å². The molecule has 0 saturated carbocycles. The Hall–Kier alpha value is -2.00. The number of azide groups is 1. The molecule has 120 valence electrons. The number of hydrogen-bond donors (Lipinski definition) is 1. The summed E-state index contributed by atoms with van der Waals surface area (Å²) in [7, 11) is 0. The van der Waals surface area contributed by atoms with E-state index in [0.717, 1.165) is 6.42 Å². The number of hydrogen-bond acceptors (Lipinski definition) is 2. The smallest absolute Gasteiger partial charge is 0.251 e. The fourth-order valence-electron chi connectivity index (χ4n) is 2.30. The minimum atomic E-state index is -0.126. The Bertz CT molecular complexity index is 478. The highest BCUT2D eigenvalue weighted by Crippen LogP contribution is 2.11. The first-order valence-corrected chi connectivity index (χ1v) is 8.16. The summed E-state index contributed by atoms with van der Waals surface area (Å²) in [6.07, 6.45) is 8.84. The zero-order chi connectivity index (χ0) is 16.0. The van der Waals surface area contributed by atoms with Crippen molar-refractivity contribution in [2.24, 2.45) is 5.11 Å². The molecule has 22 heavy (non-hydrogen) atoms. The highest BCUT2D eigenvalue weighted by Gasteiger charge is 2.04. The van der Waals surface area contributed by atoms with Crippen LogP contribution in [0.1, 0.15) is 61.4 Å². The van der Waals surface area contributed by atoms with Crippen molar-refractivity contribution in [3.05, 3.63) is 45.8 Å². The van der Waals surface area contributed by atoms with E-state index in [4.69, 9.17) is 5.53 Å². The highest BCUT2D eigenvalue weighted by molar-refractivity contribution is 5.94. The van der Waals surface area contributed by atoms with Gasteiger partial charge < -0.3 is 5.32 Å². The molecule has 1 amide bonds. The Morgan fingerprint density at radius 2 is 1.82 bits per heavy atom. The van der Waals surface area contributed by atoms with Crippen LogP contribution in [0.25, 0.3) is 10.4 Å². The fourth-order valence-corrected chi connectivity index (χ4v) is 2.30. The van der Waals surface area contributed by atoms with Crippen molar-refractivity contribution in [3.63, 3.8) is 0 Å². The maximum absolute atomic E-state index is 11.8. The van der Waals surface area contributed by atoms with Gasteiger partial charge in [-0.15, -0.1) is 0 Å². The van der Waals surface area contributed by atoms with Gasteiger partial charge in [-0.25, -0.2) is 0 Å². The topological polar surface area (TPSA) is 77.9 Å². The number of rotatable bonds is 11. The van der Waals surface area contributed by atoms with E-state index in [1.807, 2.05) is 24.3 Å². The lowest BCUT2D eigenvalue weighted by Crippen LogP contribution is -2.25. The minimum absolute atomic E-state index is 0.126. The van der Waals surface area contributed by atoms with Crippen LogP contribution in [0.4, 0.5) is 0 Å². The molecule has 0 fully saturated rings. The molecule has 0 radical (unpaired) electrons. The molecule has 5 nitrogen and oxygen atoms in total. The Morgan fingerprint density at radius 1 is 1.14 bits per heavy atom. The van der Waals surface area contributed by atoms with Crippen molar-refractivity contribution in [1.29, 1.82) is 0 Å². The van der Waals surface area contributed by atoms with Gasteiger partial charge in [-0.1, -0.05) is 56.3 Å². The molecule has 0 aliphatic heterocycles. The van der Waals surface area contributed by atoms with Crippen molar-refractivity contribution in [1.82, 2.24) is 5.32 Å². The summed E-state index contributed by atoms with van der Waals surface area (Å²) in [5, 5.41) is 6.10. The summed E-state index contributed by atoms with van der Waals surface area (Å²) in [4.78, 5) is 14.5. The van der Waals surface area contributed by atoms with Gasteiger partial charge in [-0.05, 0) is 36.1 Å². The third kappa shape index (κ3) is 7.70.